The molecule has 0 radical (unpaired) electrons. The highest BCUT2D eigenvalue weighted by Gasteiger charge is 2.39. The van der Waals surface area contributed by atoms with Crippen molar-refractivity contribution in [2.45, 2.75) is 62.8 Å². The number of carboxylic acids is 2. The fourth-order valence-corrected chi connectivity index (χ4v) is 9.82. The van der Waals surface area contributed by atoms with Gasteiger partial charge in [0.15, 0.2) is 12.2 Å². The van der Waals surface area contributed by atoms with Crippen LogP contribution in [0.25, 0.3) is 33.0 Å². The van der Waals surface area contributed by atoms with Gasteiger partial charge in [0.1, 0.15) is 0 Å². The number of hydrogen-bond acceptors (Lipinski definition) is 8. The summed E-state index contributed by atoms with van der Waals surface area (Å²) >= 11 is 0. The number of amides is 2. The molecule has 6 heterocycles. The quantitative estimate of drug-likeness (QED) is 0.175. The molecule has 2 unspecified atom stereocenters. The Morgan fingerprint density at radius 2 is 1.00 bits per heavy atom. The van der Waals surface area contributed by atoms with Crippen molar-refractivity contribution in [3.63, 3.8) is 0 Å². The zero-order valence-electron chi connectivity index (χ0n) is 32.9. The summed E-state index contributed by atoms with van der Waals surface area (Å²) in [5.74, 6) is -2.91. The highest BCUT2D eigenvalue weighted by molar-refractivity contribution is 6.00. The van der Waals surface area contributed by atoms with Gasteiger partial charge in [0.05, 0.1) is 11.8 Å². The lowest BCUT2D eigenvalue weighted by Crippen LogP contribution is -2.47. The molecule has 306 valence electrons. The van der Waals surface area contributed by atoms with E-state index in [0.717, 1.165) is 77.8 Å². The van der Waals surface area contributed by atoms with Crippen LogP contribution in [0.4, 0.5) is 0 Å². The van der Waals surface area contributed by atoms with Gasteiger partial charge >= 0.3 is 11.9 Å². The fourth-order valence-electron chi connectivity index (χ4n) is 9.82. The number of likely N-dealkylation sites (tertiary alicyclic amines) is 2. The molecule has 14 nitrogen and oxygen atoms in total. The maximum atomic E-state index is 12.9. The molecule has 6 N–H and O–H groups in total. The smallest absolute Gasteiger partial charge is 0.335 e. The third-order valence-corrected chi connectivity index (χ3v) is 12.8. The molecule has 2 amide bonds. The van der Waals surface area contributed by atoms with Gasteiger partial charge in [0.2, 0.25) is 11.8 Å². The summed E-state index contributed by atoms with van der Waals surface area (Å²) in [6.07, 6.45) is 11.0. The van der Waals surface area contributed by atoms with E-state index in [1.165, 1.54) is 55.2 Å². The number of aromatic amines is 2. The topological polar surface area (TPSA) is 194 Å². The Bertz CT molecular complexity index is 2140. The van der Waals surface area contributed by atoms with Gasteiger partial charge in [-0.25, -0.2) is 9.59 Å². The first kappa shape index (κ1) is 39.5. The monoisotopic (exact) mass is 792 g/mol. The average molecular weight is 793 g/mol. The molecule has 4 aliphatic heterocycles. The number of fused-ring (bicyclic) bond motifs is 4. The van der Waals surface area contributed by atoms with Crippen molar-refractivity contribution in [2.24, 2.45) is 11.8 Å². The second-order valence-corrected chi connectivity index (χ2v) is 16.5. The molecule has 0 saturated carbocycles. The van der Waals surface area contributed by atoms with Gasteiger partial charge in [-0.15, -0.1) is 0 Å². The van der Waals surface area contributed by atoms with Crippen LogP contribution < -0.4 is 0 Å². The number of rotatable bonds is 5. The van der Waals surface area contributed by atoms with E-state index in [0.29, 0.717) is 23.9 Å². The van der Waals surface area contributed by atoms with Crippen molar-refractivity contribution >= 4 is 56.7 Å². The second kappa shape index (κ2) is 16.2. The summed E-state index contributed by atoms with van der Waals surface area (Å²) in [4.78, 5) is 61.0. The van der Waals surface area contributed by atoms with E-state index >= 15 is 0 Å². The Labute approximate surface area is 336 Å². The zero-order valence-corrected chi connectivity index (χ0v) is 32.9. The molecule has 58 heavy (non-hydrogen) atoms. The van der Waals surface area contributed by atoms with Crippen LogP contribution in [0.1, 0.15) is 47.9 Å². The van der Waals surface area contributed by atoms with Crippen molar-refractivity contribution in [1.82, 2.24) is 29.6 Å². The number of aliphatic hydroxyl groups excluding tert-OH is 2. The number of benzene rings is 2. The lowest BCUT2D eigenvalue weighted by Gasteiger charge is -2.40. The molecule has 0 spiro atoms. The van der Waals surface area contributed by atoms with Crippen LogP contribution in [0.2, 0.25) is 0 Å². The van der Waals surface area contributed by atoms with Crippen LogP contribution >= 0.6 is 0 Å². The molecule has 14 heteroatoms. The molecule has 6 aliphatic rings. The highest BCUT2D eigenvalue weighted by Crippen LogP contribution is 2.42. The van der Waals surface area contributed by atoms with E-state index in [9.17, 15) is 19.2 Å². The maximum absolute atomic E-state index is 12.9. The van der Waals surface area contributed by atoms with Gasteiger partial charge in [-0.05, 0) is 98.2 Å². The van der Waals surface area contributed by atoms with Gasteiger partial charge in [-0.3, -0.25) is 19.4 Å². The predicted octanol–water partition coefficient (Wildman–Crippen LogP) is 3.20. The lowest BCUT2D eigenvalue weighted by molar-refractivity contribution is -0.165. The molecule has 2 saturated heterocycles. The number of carbonyl (C=O) groups excluding carboxylic acids is 2. The van der Waals surface area contributed by atoms with Crippen LogP contribution in [0, 0.1) is 11.8 Å². The minimum Gasteiger partial charge on any atom is -0.479 e. The molecule has 6 atom stereocenters. The largest absolute Gasteiger partial charge is 0.479 e. The number of carboxylic acid groups (broad SMARTS) is 2. The Morgan fingerprint density at radius 3 is 1.36 bits per heavy atom. The standard InChI is InChI=1S/2C20H23N3O.C4H6O6/c2*1-22-12-14(20(24)23-7-2-3-8-23)9-16-15-5-4-6-17-19(15)13(11-21-17)10-18(16)22;5-1(3(7)8)2(6)4(9)10/h2*4-6,9,11,14,18,21H,2-3,7-8,10,12H2,1H3;1-2,5-6H,(H,7,8)(H,9,10)/t2*14-,18-;/m11./s1. The fraction of sp³-hybridized carbons (Fsp3) is 0.455. The number of hydrogen-bond donors (Lipinski definition) is 6. The normalized spacial score (nSPS) is 24.7. The Morgan fingerprint density at radius 1 is 0.621 bits per heavy atom. The second-order valence-electron chi connectivity index (χ2n) is 16.5. The maximum Gasteiger partial charge on any atom is 0.335 e. The minimum absolute atomic E-state index is 0.00454. The molecule has 2 aliphatic carbocycles. The molecule has 4 aromatic rings. The Kier molecular flexibility index (Phi) is 11.0. The summed E-state index contributed by atoms with van der Waals surface area (Å²) < 4.78 is 0. The van der Waals surface area contributed by atoms with Gasteiger partial charge in [0, 0.05) is 85.6 Å². The number of H-pyrrole nitrogens is 2. The van der Waals surface area contributed by atoms with E-state index in [-0.39, 0.29) is 11.8 Å². The highest BCUT2D eigenvalue weighted by atomic mass is 16.4. The van der Waals surface area contributed by atoms with Gasteiger partial charge < -0.3 is 40.2 Å². The first-order chi connectivity index (χ1) is 27.9. The van der Waals surface area contributed by atoms with Crippen LogP contribution in [-0.2, 0) is 32.0 Å². The van der Waals surface area contributed by atoms with Crippen LogP contribution in [-0.4, -0.2) is 151 Å². The molecule has 10 rings (SSSR count). The van der Waals surface area contributed by atoms with E-state index in [2.05, 4.69) is 105 Å². The Balaban J connectivity index is 0.000000132. The lowest BCUT2D eigenvalue weighted by atomic mass is 9.79. The molecular formula is C44H52N6O8. The molecular weight excluding hydrogens is 741 g/mol. The minimum atomic E-state index is -2.27. The van der Waals surface area contributed by atoms with Gasteiger partial charge in [0.25, 0.3) is 0 Å². The molecule has 2 aromatic carbocycles. The number of nitrogens with zero attached hydrogens (tertiary/aromatic N) is 4. The third-order valence-electron chi connectivity index (χ3n) is 12.8. The van der Waals surface area contributed by atoms with E-state index in [1.807, 2.05) is 0 Å². The molecule has 2 aromatic heterocycles. The van der Waals surface area contributed by atoms with E-state index in [1.54, 1.807) is 0 Å². The summed E-state index contributed by atoms with van der Waals surface area (Å²) in [5.41, 5.74) is 10.5. The van der Waals surface area contributed by atoms with Crippen molar-refractivity contribution in [3.8, 4) is 0 Å². The summed E-state index contributed by atoms with van der Waals surface area (Å²) in [6, 6.07) is 13.7. The van der Waals surface area contributed by atoms with Crippen molar-refractivity contribution in [3.05, 3.63) is 83.2 Å². The SMILES string of the molecule is CN1C[C@H](C(=O)N2CCCC2)C=C2c3cccc4[nH]cc(c34)C[C@H]21.CN1C[C@H](C(=O)N2CCCC2)C=C2c3cccc4[nH]cc(c34)C[C@H]21.O=C(O)C(O)C(O)C(=O)O. The number of aliphatic hydroxyl groups is 2. The summed E-state index contributed by atoms with van der Waals surface area (Å²) in [5, 5.41) is 35.2. The van der Waals surface area contributed by atoms with Gasteiger partial charge in [-0.1, -0.05) is 36.4 Å². The third kappa shape index (κ3) is 7.34. The molecule has 0 bridgehead atoms. The van der Waals surface area contributed by atoms with Crippen molar-refractivity contribution in [1.29, 1.82) is 0 Å². The summed E-state index contributed by atoms with van der Waals surface area (Å²) in [6.45, 7) is 5.40. The number of likely N-dealkylation sites (N-methyl/N-ethyl adjacent to an activating group) is 2. The van der Waals surface area contributed by atoms with Crippen LogP contribution in [0.3, 0.4) is 0 Å². The van der Waals surface area contributed by atoms with Crippen molar-refractivity contribution < 1.29 is 39.6 Å². The van der Waals surface area contributed by atoms with Crippen LogP contribution in [0.5, 0.6) is 0 Å². The zero-order chi connectivity index (χ0) is 40.8. The predicted molar refractivity (Wildman–Crippen MR) is 219 cm³/mol. The number of carbonyl (C=O) groups is 4. The first-order valence-electron chi connectivity index (χ1n) is 20.3. The number of aliphatic carboxylic acids is 2. The van der Waals surface area contributed by atoms with Crippen LogP contribution in [0.15, 0.2) is 60.9 Å². The molecule has 2 fully saturated rings. The van der Waals surface area contributed by atoms with Gasteiger partial charge in [-0.2, -0.15) is 0 Å². The number of nitrogens with one attached hydrogen (secondary N) is 2. The van der Waals surface area contributed by atoms with E-state index < -0.39 is 24.1 Å². The number of aromatic nitrogens is 2. The average Bonchev–Trinajstić information content (AvgIpc) is 4.07. The van der Waals surface area contributed by atoms with E-state index in [4.69, 9.17) is 20.4 Å². The summed E-state index contributed by atoms with van der Waals surface area (Å²) in [7, 11) is 4.33. The van der Waals surface area contributed by atoms with Crippen molar-refractivity contribution in [2.75, 3.05) is 53.4 Å². The first-order valence-corrected chi connectivity index (χ1v) is 20.3. The Hall–Kier alpha value is -5.28.